The quantitative estimate of drug-likeness (QED) is 0.320. The standard InChI is InChI=1S/C7H7NO2S/c9-4-5-6(10)8-2-1-3-11-7(5)8/h1-2,4-5,7H,3H2/t5?,7-/m0/s1. The highest BCUT2D eigenvalue weighted by Crippen LogP contribution is 2.36. The lowest BCUT2D eigenvalue weighted by Crippen LogP contribution is -2.58. The van der Waals surface area contributed by atoms with Crippen LogP contribution < -0.4 is 0 Å². The average Bonchev–Trinajstić information content (AvgIpc) is 2.05. The van der Waals surface area contributed by atoms with E-state index in [-0.39, 0.29) is 17.2 Å². The SMILES string of the molecule is O=CC1C(=O)N2C=CCS[C@@H]12. The number of amides is 1. The van der Waals surface area contributed by atoms with Crippen LogP contribution in [0.3, 0.4) is 0 Å². The van der Waals surface area contributed by atoms with Crippen LogP contribution in [0.4, 0.5) is 0 Å². The first-order valence-corrected chi connectivity index (χ1v) is 4.45. The van der Waals surface area contributed by atoms with E-state index < -0.39 is 0 Å². The molecule has 2 rings (SSSR count). The Morgan fingerprint density at radius 1 is 1.73 bits per heavy atom. The number of nitrogens with zero attached hydrogens (tertiary/aromatic N) is 1. The zero-order valence-corrected chi connectivity index (χ0v) is 6.58. The lowest BCUT2D eigenvalue weighted by molar-refractivity contribution is -0.148. The maximum Gasteiger partial charge on any atom is 0.240 e. The second kappa shape index (κ2) is 2.37. The number of hydrogen-bond acceptors (Lipinski definition) is 3. The molecular weight excluding hydrogens is 162 g/mol. The van der Waals surface area contributed by atoms with Crippen molar-refractivity contribution in [2.45, 2.75) is 5.37 Å². The molecule has 2 aliphatic rings. The fraction of sp³-hybridized carbons (Fsp3) is 0.429. The summed E-state index contributed by atoms with van der Waals surface area (Å²) in [5.41, 5.74) is 0. The van der Waals surface area contributed by atoms with Crippen LogP contribution in [0.25, 0.3) is 0 Å². The Morgan fingerprint density at radius 3 is 3.27 bits per heavy atom. The van der Waals surface area contributed by atoms with Crippen LogP contribution in [0.1, 0.15) is 0 Å². The number of fused-ring (bicyclic) bond motifs is 1. The van der Waals surface area contributed by atoms with Crippen molar-refractivity contribution in [1.82, 2.24) is 4.90 Å². The van der Waals surface area contributed by atoms with Gasteiger partial charge >= 0.3 is 0 Å². The summed E-state index contributed by atoms with van der Waals surface area (Å²) >= 11 is 1.64. The topological polar surface area (TPSA) is 37.4 Å². The van der Waals surface area contributed by atoms with Crippen molar-refractivity contribution in [3.8, 4) is 0 Å². The van der Waals surface area contributed by atoms with Gasteiger partial charge in [-0.25, -0.2) is 0 Å². The van der Waals surface area contributed by atoms with Gasteiger partial charge in [0.15, 0.2) is 0 Å². The lowest BCUT2D eigenvalue weighted by Gasteiger charge is -2.43. The molecule has 0 spiro atoms. The molecule has 0 aromatic heterocycles. The number of carbonyl (C=O) groups excluding carboxylic acids is 2. The van der Waals surface area contributed by atoms with Crippen LogP contribution in [-0.4, -0.2) is 28.2 Å². The molecule has 1 unspecified atom stereocenters. The minimum absolute atomic E-state index is 0.0616. The van der Waals surface area contributed by atoms with E-state index in [0.29, 0.717) is 0 Å². The first kappa shape index (κ1) is 6.91. The molecule has 4 heteroatoms. The smallest absolute Gasteiger partial charge is 0.240 e. The van der Waals surface area contributed by atoms with Crippen molar-refractivity contribution >= 4 is 24.0 Å². The van der Waals surface area contributed by atoms with Gasteiger partial charge in [-0.2, -0.15) is 0 Å². The van der Waals surface area contributed by atoms with Crippen molar-refractivity contribution in [1.29, 1.82) is 0 Å². The third-order valence-electron chi connectivity index (χ3n) is 1.90. The summed E-state index contributed by atoms with van der Waals surface area (Å²) in [4.78, 5) is 23.0. The van der Waals surface area contributed by atoms with Gasteiger partial charge in [0.25, 0.3) is 0 Å². The van der Waals surface area contributed by atoms with E-state index in [9.17, 15) is 9.59 Å². The van der Waals surface area contributed by atoms with Crippen LogP contribution in [-0.2, 0) is 9.59 Å². The number of aldehydes is 1. The first-order valence-electron chi connectivity index (χ1n) is 3.40. The van der Waals surface area contributed by atoms with Gasteiger partial charge in [0.2, 0.25) is 5.91 Å². The summed E-state index contributed by atoms with van der Waals surface area (Å²) in [5, 5.41) is 0.0880. The van der Waals surface area contributed by atoms with Gasteiger partial charge in [0.1, 0.15) is 17.6 Å². The number of hydrogen-bond donors (Lipinski definition) is 0. The average molecular weight is 169 g/mol. The number of carbonyl (C=O) groups is 2. The number of rotatable bonds is 1. The van der Waals surface area contributed by atoms with Crippen LogP contribution in [0.2, 0.25) is 0 Å². The van der Waals surface area contributed by atoms with Gasteiger partial charge in [0.05, 0.1) is 0 Å². The molecule has 0 saturated carbocycles. The van der Waals surface area contributed by atoms with Gasteiger partial charge in [0, 0.05) is 12.0 Å². The predicted octanol–water partition coefficient (Wildman–Crippen LogP) is 0.230. The summed E-state index contributed by atoms with van der Waals surface area (Å²) in [7, 11) is 0. The van der Waals surface area contributed by atoms with E-state index in [1.807, 2.05) is 6.08 Å². The Balaban J connectivity index is 2.18. The Kier molecular flexibility index (Phi) is 1.49. The highest BCUT2D eigenvalue weighted by atomic mass is 32.2. The Morgan fingerprint density at radius 2 is 2.55 bits per heavy atom. The van der Waals surface area contributed by atoms with Crippen LogP contribution >= 0.6 is 11.8 Å². The van der Waals surface area contributed by atoms with Crippen molar-refractivity contribution in [3.05, 3.63) is 12.3 Å². The molecule has 0 aromatic rings. The summed E-state index contributed by atoms with van der Waals surface area (Å²) in [6.45, 7) is 0. The molecule has 2 atom stereocenters. The number of thioether (sulfide) groups is 1. The molecule has 0 radical (unpaired) electrons. The second-order valence-electron chi connectivity index (χ2n) is 2.52. The Labute approximate surface area is 68.4 Å². The maximum atomic E-state index is 11.1. The van der Waals surface area contributed by atoms with Gasteiger partial charge in [-0.15, -0.1) is 11.8 Å². The van der Waals surface area contributed by atoms with E-state index in [1.165, 1.54) is 0 Å². The Hall–Kier alpha value is -0.770. The lowest BCUT2D eigenvalue weighted by atomic mass is 10.0. The highest BCUT2D eigenvalue weighted by molar-refractivity contribution is 8.00. The van der Waals surface area contributed by atoms with E-state index in [1.54, 1.807) is 22.9 Å². The summed E-state index contributed by atoms with van der Waals surface area (Å²) < 4.78 is 0. The molecule has 0 aliphatic carbocycles. The van der Waals surface area contributed by atoms with E-state index in [0.717, 1.165) is 12.0 Å². The molecule has 0 bridgehead atoms. The molecular formula is C7H7NO2S. The summed E-state index contributed by atoms with van der Waals surface area (Å²) in [6, 6.07) is 0. The van der Waals surface area contributed by atoms with Crippen LogP contribution in [0, 0.1) is 5.92 Å². The summed E-state index contributed by atoms with van der Waals surface area (Å²) in [6.07, 6.45) is 4.44. The van der Waals surface area contributed by atoms with Gasteiger partial charge < -0.3 is 9.69 Å². The summed E-state index contributed by atoms with van der Waals surface area (Å²) in [5.74, 6) is 0.456. The zero-order valence-electron chi connectivity index (χ0n) is 5.77. The molecule has 2 heterocycles. The van der Waals surface area contributed by atoms with Crippen LogP contribution in [0.15, 0.2) is 12.3 Å². The third kappa shape index (κ3) is 0.822. The molecule has 11 heavy (non-hydrogen) atoms. The van der Waals surface area contributed by atoms with Crippen molar-refractivity contribution in [3.63, 3.8) is 0 Å². The van der Waals surface area contributed by atoms with Crippen molar-refractivity contribution in [2.24, 2.45) is 5.92 Å². The van der Waals surface area contributed by atoms with Crippen LogP contribution in [0.5, 0.6) is 0 Å². The van der Waals surface area contributed by atoms with E-state index in [2.05, 4.69) is 0 Å². The largest absolute Gasteiger partial charge is 0.305 e. The normalized spacial score (nSPS) is 34.5. The fourth-order valence-electron chi connectivity index (χ4n) is 1.29. The van der Waals surface area contributed by atoms with Gasteiger partial charge in [-0.05, 0) is 0 Å². The number of β-lactam (4-membered cyclic amide) rings is 1. The van der Waals surface area contributed by atoms with Gasteiger partial charge in [-0.3, -0.25) is 4.79 Å². The molecule has 58 valence electrons. The minimum atomic E-state index is -0.384. The molecule has 1 amide bonds. The first-order chi connectivity index (χ1) is 5.34. The molecule has 0 N–H and O–H groups in total. The fourth-order valence-corrected chi connectivity index (χ4v) is 2.41. The van der Waals surface area contributed by atoms with Crippen molar-refractivity contribution < 1.29 is 9.59 Å². The Bertz CT molecular complexity index is 239. The monoisotopic (exact) mass is 169 g/mol. The molecule has 1 saturated heterocycles. The maximum absolute atomic E-state index is 11.1. The molecule has 2 aliphatic heterocycles. The van der Waals surface area contributed by atoms with Gasteiger partial charge in [-0.1, -0.05) is 6.08 Å². The second-order valence-corrected chi connectivity index (χ2v) is 3.67. The van der Waals surface area contributed by atoms with E-state index in [4.69, 9.17) is 0 Å². The van der Waals surface area contributed by atoms with Crippen molar-refractivity contribution in [2.75, 3.05) is 5.75 Å². The molecule has 0 aromatic carbocycles. The predicted molar refractivity (Wildman–Crippen MR) is 41.8 cm³/mol. The highest BCUT2D eigenvalue weighted by Gasteiger charge is 2.47. The molecule has 3 nitrogen and oxygen atoms in total. The molecule has 1 fully saturated rings. The zero-order chi connectivity index (χ0) is 7.84. The third-order valence-corrected chi connectivity index (χ3v) is 3.14. The van der Waals surface area contributed by atoms with E-state index >= 15 is 0 Å². The minimum Gasteiger partial charge on any atom is -0.305 e.